The largest absolute Gasteiger partial charge is 0.326 e. The van der Waals surface area contributed by atoms with E-state index in [4.69, 9.17) is 0 Å². The third kappa shape index (κ3) is 6.23. The van der Waals surface area contributed by atoms with Crippen LogP contribution in [-0.2, 0) is 9.59 Å². The van der Waals surface area contributed by atoms with Gasteiger partial charge in [0.2, 0.25) is 11.8 Å². The lowest BCUT2D eigenvalue weighted by Crippen LogP contribution is -2.27. The zero-order chi connectivity index (χ0) is 20.9. The average molecular weight is 399 g/mol. The summed E-state index contributed by atoms with van der Waals surface area (Å²) in [4.78, 5) is 36.7. The highest BCUT2D eigenvalue weighted by atomic mass is 32.2. The van der Waals surface area contributed by atoms with Gasteiger partial charge in [-0.15, -0.1) is 11.8 Å². The van der Waals surface area contributed by atoms with Gasteiger partial charge in [0.1, 0.15) is 0 Å². The number of benzene rings is 2. The number of nitrogens with one attached hydrogen (secondary N) is 2. The zero-order valence-corrected chi connectivity index (χ0v) is 17.6. The molecule has 2 amide bonds. The van der Waals surface area contributed by atoms with Gasteiger partial charge in [-0.1, -0.05) is 20.8 Å². The van der Waals surface area contributed by atoms with E-state index in [9.17, 15) is 14.4 Å². The molecule has 1 atom stereocenters. The molecule has 2 N–H and O–H groups in total. The van der Waals surface area contributed by atoms with Crippen molar-refractivity contribution in [3.63, 3.8) is 0 Å². The second kappa shape index (κ2) is 9.06. The van der Waals surface area contributed by atoms with Crippen molar-refractivity contribution >= 4 is 40.7 Å². The number of rotatable bonds is 6. The molecule has 0 aliphatic heterocycles. The number of thioether (sulfide) groups is 1. The van der Waals surface area contributed by atoms with E-state index in [0.29, 0.717) is 11.3 Å². The number of Topliss-reactive ketones (excluding diaryl/α,β-unsaturated/α-hetero) is 1. The monoisotopic (exact) mass is 398 g/mol. The predicted octanol–water partition coefficient (Wildman–Crippen LogP) is 4.99. The summed E-state index contributed by atoms with van der Waals surface area (Å²) in [6.45, 7) is 8.87. The number of anilines is 2. The highest BCUT2D eigenvalue weighted by Crippen LogP contribution is 2.27. The van der Waals surface area contributed by atoms with E-state index < -0.39 is 5.41 Å². The highest BCUT2D eigenvalue weighted by Gasteiger charge is 2.21. The Balaban J connectivity index is 1.99. The van der Waals surface area contributed by atoms with E-state index in [1.807, 2.05) is 52.0 Å². The second-order valence-corrected chi connectivity index (χ2v) is 9.03. The van der Waals surface area contributed by atoms with Crippen LogP contribution in [0, 0.1) is 5.41 Å². The minimum absolute atomic E-state index is 0.0182. The molecule has 6 heteroatoms. The number of ketones is 1. The van der Waals surface area contributed by atoms with Gasteiger partial charge in [0.25, 0.3) is 0 Å². The van der Waals surface area contributed by atoms with Crippen LogP contribution in [0.4, 0.5) is 11.4 Å². The fourth-order valence-corrected chi connectivity index (χ4v) is 3.29. The van der Waals surface area contributed by atoms with Crippen LogP contribution >= 0.6 is 11.8 Å². The van der Waals surface area contributed by atoms with Crippen LogP contribution in [0.2, 0.25) is 0 Å². The molecule has 2 rings (SSSR count). The molecule has 0 aromatic heterocycles. The molecule has 2 aromatic carbocycles. The van der Waals surface area contributed by atoms with Gasteiger partial charge in [0.05, 0.1) is 5.25 Å². The first-order chi connectivity index (χ1) is 13.1. The first kappa shape index (κ1) is 21.7. The molecular weight excluding hydrogens is 372 g/mol. The van der Waals surface area contributed by atoms with E-state index in [1.54, 1.807) is 24.3 Å². The maximum absolute atomic E-state index is 12.7. The van der Waals surface area contributed by atoms with Crippen molar-refractivity contribution in [1.29, 1.82) is 0 Å². The van der Waals surface area contributed by atoms with Gasteiger partial charge < -0.3 is 10.6 Å². The molecule has 0 aliphatic rings. The lowest BCUT2D eigenvalue weighted by Gasteiger charge is -2.18. The van der Waals surface area contributed by atoms with Crippen LogP contribution in [0.25, 0.3) is 0 Å². The second-order valence-electron chi connectivity index (χ2n) is 7.61. The van der Waals surface area contributed by atoms with Crippen LogP contribution in [-0.4, -0.2) is 22.8 Å². The topological polar surface area (TPSA) is 75.3 Å². The Morgan fingerprint density at radius 2 is 1.36 bits per heavy atom. The SMILES string of the molecule is CC(=O)Nc1ccc(S[C@@H](C)C(=O)c2ccc(NC(=O)C(C)(C)C)cc2)cc1. The standard InChI is InChI=1S/C22H26N2O3S/c1-14(28-19-12-10-17(11-13-19)23-15(2)25)20(26)16-6-8-18(9-7-16)24-21(27)22(3,4)5/h6-14H,1-5H3,(H,23,25)(H,24,27)/t14-/m0/s1. The molecule has 0 radical (unpaired) electrons. The van der Waals surface area contributed by atoms with Crippen molar-refractivity contribution in [2.24, 2.45) is 5.41 Å². The summed E-state index contributed by atoms with van der Waals surface area (Å²) in [6.07, 6.45) is 0. The first-order valence-electron chi connectivity index (χ1n) is 9.06. The van der Waals surface area contributed by atoms with Gasteiger partial charge in [0.15, 0.2) is 5.78 Å². The Labute approximate surface area is 170 Å². The lowest BCUT2D eigenvalue weighted by molar-refractivity contribution is -0.123. The van der Waals surface area contributed by atoms with Crippen LogP contribution in [0.15, 0.2) is 53.4 Å². The molecule has 0 saturated heterocycles. The Morgan fingerprint density at radius 3 is 1.86 bits per heavy atom. The number of hydrogen-bond donors (Lipinski definition) is 2. The highest BCUT2D eigenvalue weighted by molar-refractivity contribution is 8.00. The molecule has 2 aromatic rings. The van der Waals surface area contributed by atoms with Gasteiger partial charge >= 0.3 is 0 Å². The van der Waals surface area contributed by atoms with Crippen molar-refractivity contribution < 1.29 is 14.4 Å². The zero-order valence-electron chi connectivity index (χ0n) is 16.8. The predicted molar refractivity (Wildman–Crippen MR) is 115 cm³/mol. The van der Waals surface area contributed by atoms with Gasteiger partial charge in [0, 0.05) is 34.2 Å². The van der Waals surface area contributed by atoms with Crippen molar-refractivity contribution in [3.8, 4) is 0 Å². The number of carbonyl (C=O) groups is 3. The van der Waals surface area contributed by atoms with Crippen LogP contribution in [0.5, 0.6) is 0 Å². The fraction of sp³-hybridized carbons (Fsp3) is 0.318. The number of hydrogen-bond acceptors (Lipinski definition) is 4. The van der Waals surface area contributed by atoms with E-state index in [2.05, 4.69) is 10.6 Å². The summed E-state index contributed by atoms with van der Waals surface area (Å²) in [6, 6.07) is 14.3. The minimum atomic E-state index is -0.477. The fourth-order valence-electron chi connectivity index (χ4n) is 2.35. The molecule has 28 heavy (non-hydrogen) atoms. The van der Waals surface area contributed by atoms with Crippen LogP contribution < -0.4 is 10.6 Å². The van der Waals surface area contributed by atoms with Gasteiger partial charge in [-0.2, -0.15) is 0 Å². The molecule has 0 aliphatic carbocycles. The molecule has 0 heterocycles. The first-order valence-corrected chi connectivity index (χ1v) is 9.94. The van der Waals surface area contributed by atoms with Crippen LogP contribution in [0.1, 0.15) is 45.0 Å². The summed E-state index contributed by atoms with van der Waals surface area (Å²) in [7, 11) is 0. The quantitative estimate of drug-likeness (QED) is 0.531. The Bertz CT molecular complexity index is 853. The van der Waals surface area contributed by atoms with Gasteiger partial charge in [-0.3, -0.25) is 14.4 Å². The third-order valence-corrected chi connectivity index (χ3v) is 5.08. The Hall–Kier alpha value is -2.60. The third-order valence-electron chi connectivity index (χ3n) is 3.97. The van der Waals surface area contributed by atoms with E-state index in [1.165, 1.54) is 18.7 Å². The Kier molecular flexibility index (Phi) is 7.02. The number of carbonyl (C=O) groups excluding carboxylic acids is 3. The van der Waals surface area contributed by atoms with Gasteiger partial charge in [-0.05, 0) is 55.5 Å². The maximum Gasteiger partial charge on any atom is 0.229 e. The lowest BCUT2D eigenvalue weighted by atomic mass is 9.95. The maximum atomic E-state index is 12.7. The van der Waals surface area contributed by atoms with Crippen molar-refractivity contribution in [2.75, 3.05) is 10.6 Å². The molecule has 0 fully saturated rings. The summed E-state index contributed by atoms with van der Waals surface area (Å²) in [5, 5.41) is 5.30. The van der Waals surface area contributed by atoms with Crippen LogP contribution in [0.3, 0.4) is 0 Å². The minimum Gasteiger partial charge on any atom is -0.326 e. The summed E-state index contributed by atoms with van der Waals surface area (Å²) >= 11 is 1.46. The van der Waals surface area contributed by atoms with E-state index >= 15 is 0 Å². The summed E-state index contributed by atoms with van der Waals surface area (Å²) in [5.74, 6) is -0.172. The molecular formula is C22H26N2O3S. The molecule has 0 bridgehead atoms. The van der Waals surface area contributed by atoms with E-state index in [0.717, 1.165) is 10.6 Å². The smallest absolute Gasteiger partial charge is 0.229 e. The normalized spacial score (nSPS) is 12.2. The number of amides is 2. The summed E-state index contributed by atoms with van der Waals surface area (Å²) in [5.41, 5.74) is 1.52. The molecule has 5 nitrogen and oxygen atoms in total. The Morgan fingerprint density at radius 1 is 0.857 bits per heavy atom. The molecule has 0 saturated carbocycles. The van der Waals surface area contributed by atoms with Crippen molar-refractivity contribution in [2.45, 2.75) is 44.8 Å². The van der Waals surface area contributed by atoms with Gasteiger partial charge in [-0.25, -0.2) is 0 Å². The average Bonchev–Trinajstić information content (AvgIpc) is 2.62. The molecule has 0 spiro atoms. The van der Waals surface area contributed by atoms with E-state index in [-0.39, 0.29) is 22.8 Å². The van der Waals surface area contributed by atoms with Crippen molar-refractivity contribution in [3.05, 3.63) is 54.1 Å². The van der Waals surface area contributed by atoms with Crippen molar-refractivity contribution in [1.82, 2.24) is 0 Å². The summed E-state index contributed by atoms with van der Waals surface area (Å²) < 4.78 is 0. The molecule has 0 unspecified atom stereocenters. The molecule has 148 valence electrons.